The minimum Gasteiger partial charge on any atom is -0.322 e. The van der Waals surface area contributed by atoms with E-state index in [4.69, 9.17) is 5.73 Å². The van der Waals surface area contributed by atoms with Gasteiger partial charge in [0.25, 0.3) is 0 Å². The van der Waals surface area contributed by atoms with E-state index in [2.05, 4.69) is 4.37 Å². The van der Waals surface area contributed by atoms with Crippen LogP contribution >= 0.6 is 11.5 Å². The van der Waals surface area contributed by atoms with Gasteiger partial charge in [0.2, 0.25) is 0 Å². The van der Waals surface area contributed by atoms with Crippen LogP contribution in [0.3, 0.4) is 0 Å². The minimum absolute atomic E-state index is 0.0641. The number of nitrogens with two attached hydrogens (primary N) is 1. The molecule has 0 saturated heterocycles. The fourth-order valence-corrected chi connectivity index (χ4v) is 1.25. The van der Waals surface area contributed by atoms with Crippen molar-refractivity contribution in [3.05, 3.63) is 17.1 Å². The first-order valence-corrected chi connectivity index (χ1v) is 4.15. The predicted molar refractivity (Wildman–Crippen MR) is 44.5 cm³/mol. The number of hydrogen-bond donors (Lipinski definition) is 1. The smallest absolute Gasteiger partial charge is 0.154 e. The van der Waals surface area contributed by atoms with Gasteiger partial charge in [-0.2, -0.15) is 0 Å². The van der Waals surface area contributed by atoms with Gasteiger partial charge in [-0.3, -0.25) is 4.79 Å². The first-order valence-electron chi connectivity index (χ1n) is 3.38. The van der Waals surface area contributed by atoms with Crippen LogP contribution in [0.4, 0.5) is 0 Å². The van der Waals surface area contributed by atoms with Crippen molar-refractivity contribution >= 4 is 17.3 Å². The third-order valence-electron chi connectivity index (χ3n) is 1.35. The number of hydrogen-bond acceptors (Lipinski definition) is 4. The van der Waals surface area contributed by atoms with E-state index in [-0.39, 0.29) is 11.8 Å². The van der Waals surface area contributed by atoms with Crippen LogP contribution in [0.25, 0.3) is 0 Å². The molecule has 60 valence electrons. The Balaban J connectivity index is 2.50. The van der Waals surface area contributed by atoms with E-state index in [1.165, 1.54) is 11.5 Å². The van der Waals surface area contributed by atoms with Crippen molar-refractivity contribution in [1.29, 1.82) is 0 Å². The molecule has 0 fully saturated rings. The second kappa shape index (κ2) is 3.59. The predicted octanol–water partition coefficient (Wildman–Crippen LogP) is 0.602. The Hall–Kier alpha value is -0.740. The highest BCUT2D eigenvalue weighted by atomic mass is 32.1. The summed E-state index contributed by atoms with van der Waals surface area (Å²) >= 11 is 1.34. The number of ketones is 1. The molecule has 4 heteroatoms. The minimum atomic E-state index is -0.364. The van der Waals surface area contributed by atoms with Gasteiger partial charge in [0.15, 0.2) is 5.78 Å². The maximum atomic E-state index is 11.1. The number of carbonyl (C=O) groups excluding carboxylic acids is 1. The Morgan fingerprint density at radius 2 is 2.64 bits per heavy atom. The van der Waals surface area contributed by atoms with Crippen LogP contribution in [0.5, 0.6) is 0 Å². The number of carbonyl (C=O) groups is 1. The lowest BCUT2D eigenvalue weighted by Gasteiger charge is -2.00. The van der Waals surface area contributed by atoms with Crippen molar-refractivity contribution in [2.75, 3.05) is 0 Å². The summed E-state index contributed by atoms with van der Waals surface area (Å²) in [6.45, 7) is 1.70. The van der Waals surface area contributed by atoms with Crippen LogP contribution in [0.15, 0.2) is 12.3 Å². The molecule has 0 bridgehead atoms. The van der Waals surface area contributed by atoms with Gasteiger partial charge < -0.3 is 5.73 Å². The Morgan fingerprint density at radius 1 is 1.91 bits per heavy atom. The molecule has 1 heterocycles. The summed E-state index contributed by atoms with van der Waals surface area (Å²) in [6.07, 6.45) is 2.11. The van der Waals surface area contributed by atoms with E-state index in [1.807, 2.05) is 6.07 Å². The van der Waals surface area contributed by atoms with E-state index >= 15 is 0 Å². The molecular weight excluding hydrogens is 160 g/mol. The monoisotopic (exact) mass is 170 g/mol. The topological polar surface area (TPSA) is 56.0 Å². The van der Waals surface area contributed by atoms with Gasteiger partial charge in [-0.25, -0.2) is 4.37 Å². The zero-order valence-electron chi connectivity index (χ0n) is 6.28. The first kappa shape index (κ1) is 8.36. The lowest BCUT2D eigenvalue weighted by Crippen LogP contribution is -2.27. The van der Waals surface area contributed by atoms with Crippen LogP contribution in [0, 0.1) is 0 Å². The van der Waals surface area contributed by atoms with Crippen molar-refractivity contribution in [3.63, 3.8) is 0 Å². The van der Waals surface area contributed by atoms with E-state index < -0.39 is 0 Å². The SMILES string of the molecule is C[C@H](N)C(=O)Cc1ccns1. The van der Waals surface area contributed by atoms with Gasteiger partial charge in [0, 0.05) is 17.5 Å². The molecule has 1 rings (SSSR count). The molecule has 0 aliphatic rings. The number of nitrogens with zero attached hydrogens (tertiary/aromatic N) is 1. The molecule has 0 radical (unpaired) electrons. The average Bonchev–Trinajstić information content (AvgIpc) is 2.39. The maximum absolute atomic E-state index is 11.1. The largest absolute Gasteiger partial charge is 0.322 e. The third kappa shape index (κ3) is 2.40. The van der Waals surface area contributed by atoms with E-state index in [9.17, 15) is 4.79 Å². The first-order chi connectivity index (χ1) is 5.20. The summed E-state index contributed by atoms with van der Waals surface area (Å²) in [5, 5.41) is 0. The molecule has 0 spiro atoms. The van der Waals surface area contributed by atoms with Crippen LogP contribution in [-0.2, 0) is 11.2 Å². The molecule has 11 heavy (non-hydrogen) atoms. The van der Waals surface area contributed by atoms with Crippen molar-refractivity contribution in [1.82, 2.24) is 4.37 Å². The lowest BCUT2D eigenvalue weighted by molar-refractivity contribution is -0.119. The molecular formula is C7H10N2OS. The fourth-order valence-electron chi connectivity index (χ4n) is 0.666. The Bertz CT molecular complexity index is 231. The highest BCUT2D eigenvalue weighted by molar-refractivity contribution is 7.05. The quantitative estimate of drug-likeness (QED) is 0.722. The molecule has 1 atom stereocenters. The molecule has 3 nitrogen and oxygen atoms in total. The van der Waals surface area contributed by atoms with Gasteiger partial charge in [0.05, 0.1) is 6.04 Å². The zero-order chi connectivity index (χ0) is 8.27. The molecule has 0 aliphatic heterocycles. The highest BCUT2D eigenvalue weighted by Gasteiger charge is 2.08. The Morgan fingerprint density at radius 3 is 3.09 bits per heavy atom. The van der Waals surface area contributed by atoms with Crippen molar-refractivity contribution in [2.45, 2.75) is 19.4 Å². The molecule has 0 saturated carbocycles. The van der Waals surface area contributed by atoms with Crippen molar-refractivity contribution in [2.24, 2.45) is 5.73 Å². The number of Topliss-reactive ketones (excluding diaryl/α,β-unsaturated/α-hetero) is 1. The van der Waals surface area contributed by atoms with E-state index in [0.717, 1.165) is 4.88 Å². The summed E-state index contributed by atoms with van der Waals surface area (Å²) in [4.78, 5) is 12.0. The third-order valence-corrected chi connectivity index (χ3v) is 2.09. The second-order valence-corrected chi connectivity index (χ2v) is 3.33. The van der Waals surface area contributed by atoms with Gasteiger partial charge in [0.1, 0.15) is 0 Å². The molecule has 2 N–H and O–H groups in total. The van der Waals surface area contributed by atoms with Crippen LogP contribution < -0.4 is 5.73 Å². The molecule has 0 aliphatic carbocycles. The average molecular weight is 170 g/mol. The number of aromatic nitrogens is 1. The van der Waals surface area contributed by atoms with Crippen LogP contribution in [0.1, 0.15) is 11.8 Å². The zero-order valence-corrected chi connectivity index (χ0v) is 7.10. The standard InChI is InChI=1S/C7H10N2OS/c1-5(8)7(10)4-6-2-3-9-11-6/h2-3,5H,4,8H2,1H3/t5-/m0/s1. The fraction of sp³-hybridized carbons (Fsp3) is 0.429. The Kier molecular flexibility index (Phi) is 2.73. The van der Waals surface area contributed by atoms with Gasteiger partial charge in [-0.05, 0) is 24.5 Å². The van der Waals surface area contributed by atoms with Crippen molar-refractivity contribution in [3.8, 4) is 0 Å². The Labute approximate surface area is 69.4 Å². The molecule has 1 aromatic rings. The summed E-state index contributed by atoms with van der Waals surface area (Å²) < 4.78 is 3.88. The van der Waals surface area contributed by atoms with Crippen LogP contribution in [-0.4, -0.2) is 16.2 Å². The normalized spacial score (nSPS) is 12.9. The molecule has 0 amide bonds. The molecule has 0 unspecified atom stereocenters. The molecule has 1 aromatic heterocycles. The van der Waals surface area contributed by atoms with E-state index in [1.54, 1.807) is 13.1 Å². The lowest BCUT2D eigenvalue weighted by atomic mass is 10.1. The summed E-state index contributed by atoms with van der Waals surface area (Å²) in [6, 6.07) is 1.47. The van der Waals surface area contributed by atoms with Crippen LogP contribution in [0.2, 0.25) is 0 Å². The summed E-state index contributed by atoms with van der Waals surface area (Å²) in [5.74, 6) is 0.0641. The van der Waals surface area contributed by atoms with Gasteiger partial charge >= 0.3 is 0 Å². The van der Waals surface area contributed by atoms with Gasteiger partial charge in [-0.15, -0.1) is 0 Å². The van der Waals surface area contributed by atoms with Crippen molar-refractivity contribution < 1.29 is 4.79 Å². The van der Waals surface area contributed by atoms with E-state index in [0.29, 0.717) is 6.42 Å². The maximum Gasteiger partial charge on any atom is 0.154 e. The summed E-state index contributed by atoms with van der Waals surface area (Å²) in [7, 11) is 0. The second-order valence-electron chi connectivity index (χ2n) is 2.41. The number of rotatable bonds is 3. The summed E-state index contributed by atoms with van der Waals surface area (Å²) in [5.41, 5.74) is 5.39. The van der Waals surface area contributed by atoms with Gasteiger partial charge in [-0.1, -0.05) is 0 Å². The highest BCUT2D eigenvalue weighted by Crippen LogP contribution is 2.06. The molecule has 0 aromatic carbocycles.